The number of piperidine rings is 1. The summed E-state index contributed by atoms with van der Waals surface area (Å²) >= 11 is 0. The van der Waals surface area contributed by atoms with Gasteiger partial charge in [0.25, 0.3) is 0 Å². The third-order valence-corrected chi connectivity index (χ3v) is 2.69. The van der Waals surface area contributed by atoms with Crippen LogP contribution < -0.4 is 5.73 Å². The number of rotatable bonds is 3. The van der Waals surface area contributed by atoms with E-state index in [0.29, 0.717) is 12.5 Å². The average Bonchev–Trinajstić information content (AvgIpc) is 2.27. The smallest absolute Gasteiger partial charge is 0.308 e. The zero-order chi connectivity index (χ0) is 13.6. The van der Waals surface area contributed by atoms with Crippen LogP contribution in [0.4, 0.5) is 0 Å². The lowest BCUT2D eigenvalue weighted by molar-refractivity contribution is -0.154. The van der Waals surface area contributed by atoms with Crippen molar-refractivity contribution < 1.29 is 9.53 Å². The molecule has 0 aromatic rings. The lowest BCUT2D eigenvalue weighted by Crippen LogP contribution is -2.41. The first kappa shape index (κ1) is 14.8. The molecule has 1 aliphatic heterocycles. The summed E-state index contributed by atoms with van der Waals surface area (Å²) in [5.41, 5.74) is 5.45. The van der Waals surface area contributed by atoms with E-state index in [-0.39, 0.29) is 12.4 Å². The van der Waals surface area contributed by atoms with Gasteiger partial charge in [-0.1, -0.05) is 0 Å². The van der Waals surface area contributed by atoms with Gasteiger partial charge in [-0.15, -0.1) is 0 Å². The first-order chi connectivity index (χ1) is 8.38. The van der Waals surface area contributed by atoms with Gasteiger partial charge in [0.1, 0.15) is 5.60 Å². The van der Waals surface area contributed by atoms with Crippen LogP contribution in [0.2, 0.25) is 0 Å². The molecular formula is C13H25N3O2. The Bertz CT molecular complexity index is 302. The number of likely N-dealkylation sites (tertiary alicyclic amines) is 1. The highest BCUT2D eigenvalue weighted by atomic mass is 16.6. The Morgan fingerprint density at radius 1 is 1.28 bits per heavy atom. The second-order valence-corrected chi connectivity index (χ2v) is 5.62. The molecule has 1 rings (SSSR count). The minimum absolute atomic E-state index is 0.224. The Labute approximate surface area is 109 Å². The molecule has 1 saturated heterocycles. The Balaban J connectivity index is 2.28. The van der Waals surface area contributed by atoms with E-state index in [1.165, 1.54) is 19.3 Å². The predicted octanol–water partition coefficient (Wildman–Crippen LogP) is 1.52. The van der Waals surface area contributed by atoms with Gasteiger partial charge in [-0.2, -0.15) is 0 Å². The molecule has 0 radical (unpaired) electrons. The fourth-order valence-corrected chi connectivity index (χ4v) is 1.88. The minimum Gasteiger partial charge on any atom is -0.460 e. The highest BCUT2D eigenvalue weighted by Crippen LogP contribution is 2.09. The third kappa shape index (κ3) is 5.89. The van der Waals surface area contributed by atoms with E-state index in [4.69, 9.17) is 10.5 Å². The van der Waals surface area contributed by atoms with E-state index in [9.17, 15) is 4.79 Å². The Hall–Kier alpha value is -1.26. The molecule has 1 aliphatic rings. The van der Waals surface area contributed by atoms with Crippen molar-refractivity contribution >= 4 is 11.9 Å². The van der Waals surface area contributed by atoms with Crippen LogP contribution in [-0.4, -0.2) is 42.1 Å². The number of hydrogen-bond donors (Lipinski definition) is 1. The van der Waals surface area contributed by atoms with Crippen molar-refractivity contribution in [3.8, 4) is 0 Å². The third-order valence-electron chi connectivity index (χ3n) is 2.69. The molecule has 0 unspecified atom stereocenters. The van der Waals surface area contributed by atoms with Crippen LogP contribution in [0.25, 0.3) is 0 Å². The van der Waals surface area contributed by atoms with E-state index in [1.54, 1.807) is 0 Å². The molecule has 0 saturated carbocycles. The van der Waals surface area contributed by atoms with Gasteiger partial charge in [-0.3, -0.25) is 9.79 Å². The molecule has 1 fully saturated rings. The van der Waals surface area contributed by atoms with Crippen LogP contribution in [0.15, 0.2) is 4.99 Å². The van der Waals surface area contributed by atoms with Crippen LogP contribution in [0.1, 0.15) is 46.5 Å². The normalized spacial score (nSPS) is 17.7. The molecule has 0 bridgehead atoms. The molecule has 1 heterocycles. The van der Waals surface area contributed by atoms with Crippen molar-refractivity contribution in [1.82, 2.24) is 4.90 Å². The Morgan fingerprint density at radius 2 is 1.89 bits per heavy atom. The van der Waals surface area contributed by atoms with Gasteiger partial charge >= 0.3 is 5.97 Å². The molecule has 18 heavy (non-hydrogen) atoms. The number of guanidine groups is 1. The van der Waals surface area contributed by atoms with E-state index in [2.05, 4.69) is 9.89 Å². The molecule has 0 aromatic carbocycles. The van der Waals surface area contributed by atoms with Crippen molar-refractivity contribution in [3.05, 3.63) is 0 Å². The van der Waals surface area contributed by atoms with E-state index >= 15 is 0 Å². The summed E-state index contributed by atoms with van der Waals surface area (Å²) in [6.07, 6.45) is 3.89. The maximum absolute atomic E-state index is 11.5. The fraction of sp³-hybridized carbons (Fsp3) is 0.846. The largest absolute Gasteiger partial charge is 0.460 e. The van der Waals surface area contributed by atoms with Gasteiger partial charge in [0.15, 0.2) is 5.96 Å². The molecule has 0 aromatic heterocycles. The predicted molar refractivity (Wildman–Crippen MR) is 72.4 cm³/mol. The number of nitrogens with two attached hydrogens (primary N) is 1. The molecule has 0 amide bonds. The number of esters is 1. The van der Waals surface area contributed by atoms with Crippen LogP contribution in [0, 0.1) is 0 Å². The van der Waals surface area contributed by atoms with Crippen molar-refractivity contribution in [2.24, 2.45) is 10.7 Å². The number of nitrogens with zero attached hydrogens (tertiary/aromatic N) is 2. The van der Waals surface area contributed by atoms with Crippen LogP contribution in [0.3, 0.4) is 0 Å². The van der Waals surface area contributed by atoms with Gasteiger partial charge in [-0.25, -0.2) is 0 Å². The average molecular weight is 255 g/mol. The molecule has 2 N–H and O–H groups in total. The van der Waals surface area contributed by atoms with E-state index < -0.39 is 5.60 Å². The van der Waals surface area contributed by atoms with Gasteiger partial charge in [-0.05, 0) is 40.0 Å². The number of carbonyl (C=O) groups excluding carboxylic acids is 1. The van der Waals surface area contributed by atoms with Gasteiger partial charge < -0.3 is 15.4 Å². The summed E-state index contributed by atoms with van der Waals surface area (Å²) in [5, 5.41) is 0. The molecule has 104 valence electrons. The molecule has 5 nitrogen and oxygen atoms in total. The van der Waals surface area contributed by atoms with E-state index in [1.807, 2.05) is 20.8 Å². The Kier molecular flexibility index (Phi) is 5.44. The molecule has 5 heteroatoms. The van der Waals surface area contributed by atoms with Gasteiger partial charge in [0.2, 0.25) is 0 Å². The second-order valence-electron chi connectivity index (χ2n) is 5.62. The quantitative estimate of drug-likeness (QED) is 0.471. The zero-order valence-electron chi connectivity index (χ0n) is 11.7. The van der Waals surface area contributed by atoms with Crippen molar-refractivity contribution in [1.29, 1.82) is 0 Å². The second kappa shape index (κ2) is 6.61. The van der Waals surface area contributed by atoms with Gasteiger partial charge in [0.05, 0.1) is 13.0 Å². The summed E-state index contributed by atoms with van der Waals surface area (Å²) < 4.78 is 5.20. The highest BCUT2D eigenvalue weighted by Gasteiger charge is 2.16. The standard InChI is InChI=1S/C13H25N3O2/c1-13(2,3)18-11(17)7-8-15-12(14)16-9-5-4-6-10-16/h4-10H2,1-3H3,(H2,14,15). The van der Waals surface area contributed by atoms with Crippen molar-refractivity contribution in [3.63, 3.8) is 0 Å². The van der Waals surface area contributed by atoms with E-state index in [0.717, 1.165) is 13.1 Å². The minimum atomic E-state index is -0.431. The van der Waals surface area contributed by atoms with Crippen LogP contribution >= 0.6 is 0 Å². The SMILES string of the molecule is CC(C)(C)OC(=O)CCN=C(N)N1CCCCC1. The first-order valence-electron chi connectivity index (χ1n) is 6.65. The molecule has 0 atom stereocenters. The fourth-order valence-electron chi connectivity index (χ4n) is 1.88. The maximum Gasteiger partial charge on any atom is 0.308 e. The zero-order valence-corrected chi connectivity index (χ0v) is 11.7. The summed E-state index contributed by atoms with van der Waals surface area (Å²) in [4.78, 5) is 17.8. The number of hydrogen-bond acceptors (Lipinski definition) is 3. The maximum atomic E-state index is 11.5. The number of ether oxygens (including phenoxy) is 1. The molecular weight excluding hydrogens is 230 g/mol. The lowest BCUT2D eigenvalue weighted by Gasteiger charge is -2.27. The Morgan fingerprint density at radius 3 is 2.44 bits per heavy atom. The van der Waals surface area contributed by atoms with Crippen LogP contribution in [-0.2, 0) is 9.53 Å². The van der Waals surface area contributed by atoms with Crippen LogP contribution in [0.5, 0.6) is 0 Å². The summed E-state index contributed by atoms with van der Waals surface area (Å²) in [6.45, 7) is 7.92. The highest BCUT2D eigenvalue weighted by molar-refractivity contribution is 5.78. The topological polar surface area (TPSA) is 67.9 Å². The monoisotopic (exact) mass is 255 g/mol. The summed E-state index contributed by atoms with van der Waals surface area (Å²) in [7, 11) is 0. The molecule has 0 aliphatic carbocycles. The lowest BCUT2D eigenvalue weighted by atomic mass is 10.1. The summed E-state index contributed by atoms with van der Waals surface area (Å²) in [5.74, 6) is 0.330. The van der Waals surface area contributed by atoms with Gasteiger partial charge in [0, 0.05) is 13.1 Å². The number of carbonyl (C=O) groups is 1. The van der Waals surface area contributed by atoms with Crippen molar-refractivity contribution in [2.75, 3.05) is 19.6 Å². The first-order valence-corrected chi connectivity index (χ1v) is 6.65. The van der Waals surface area contributed by atoms with Crippen molar-refractivity contribution in [2.45, 2.75) is 52.1 Å². The number of aliphatic imine (C=N–C) groups is 1. The summed E-state index contributed by atoms with van der Waals surface area (Å²) in [6, 6.07) is 0. The molecule has 0 spiro atoms.